The Balaban J connectivity index is 2.06. The summed E-state index contributed by atoms with van der Waals surface area (Å²) in [6.07, 6.45) is 0.164. The number of para-hydroxylation sites is 2. The van der Waals surface area contributed by atoms with Gasteiger partial charge in [0.1, 0.15) is 5.75 Å². The molecule has 2 N–H and O–H groups in total. The molecular formula is C14H12INO2. The van der Waals surface area contributed by atoms with Crippen molar-refractivity contribution < 1.29 is 9.90 Å². The molecule has 0 saturated heterocycles. The van der Waals surface area contributed by atoms with E-state index in [1.807, 2.05) is 24.3 Å². The number of nitrogens with one attached hydrogen (secondary N) is 1. The summed E-state index contributed by atoms with van der Waals surface area (Å²) in [5, 5.41) is 12.4. The molecule has 0 heterocycles. The van der Waals surface area contributed by atoms with Gasteiger partial charge in [0.25, 0.3) is 0 Å². The highest BCUT2D eigenvalue weighted by Gasteiger charge is 2.08. The van der Waals surface area contributed by atoms with Crippen molar-refractivity contribution in [2.75, 3.05) is 5.32 Å². The van der Waals surface area contributed by atoms with E-state index in [0.717, 1.165) is 9.26 Å². The van der Waals surface area contributed by atoms with Crippen molar-refractivity contribution in [1.29, 1.82) is 0 Å². The molecule has 92 valence electrons. The van der Waals surface area contributed by atoms with Crippen molar-refractivity contribution in [2.45, 2.75) is 6.42 Å². The molecule has 2 aromatic carbocycles. The summed E-state index contributed by atoms with van der Waals surface area (Å²) in [7, 11) is 0. The first-order chi connectivity index (χ1) is 8.66. The van der Waals surface area contributed by atoms with Crippen molar-refractivity contribution in [3.63, 3.8) is 0 Å². The lowest BCUT2D eigenvalue weighted by atomic mass is 10.1. The fourth-order valence-electron chi connectivity index (χ4n) is 1.59. The number of carbonyl (C=O) groups is 1. The molecule has 18 heavy (non-hydrogen) atoms. The van der Waals surface area contributed by atoms with Crippen LogP contribution < -0.4 is 5.32 Å². The normalized spacial score (nSPS) is 10.1. The summed E-state index contributed by atoms with van der Waals surface area (Å²) in [6.45, 7) is 0. The average Bonchev–Trinajstić information content (AvgIpc) is 2.35. The van der Waals surface area contributed by atoms with Crippen LogP contribution in [0, 0.1) is 3.57 Å². The lowest BCUT2D eigenvalue weighted by Gasteiger charge is -2.08. The van der Waals surface area contributed by atoms with Gasteiger partial charge in [0.05, 0.1) is 12.1 Å². The summed E-state index contributed by atoms with van der Waals surface area (Å²) in [5.41, 5.74) is 1.42. The zero-order valence-electron chi connectivity index (χ0n) is 9.56. The van der Waals surface area contributed by atoms with Crippen LogP contribution in [0.3, 0.4) is 0 Å². The number of aromatic hydroxyl groups is 1. The van der Waals surface area contributed by atoms with Gasteiger partial charge in [-0.05, 0) is 40.8 Å². The standard InChI is InChI=1S/C14H12INO2/c15-11-6-2-3-7-12(11)16-14(18)9-10-5-1-4-8-13(10)17/h1-8,17H,9H2,(H,16,18). The van der Waals surface area contributed by atoms with Crippen molar-refractivity contribution >= 4 is 34.2 Å². The van der Waals surface area contributed by atoms with Crippen molar-refractivity contribution in [2.24, 2.45) is 0 Å². The average molecular weight is 353 g/mol. The topological polar surface area (TPSA) is 49.3 Å². The Morgan fingerprint density at radius 2 is 1.78 bits per heavy atom. The molecule has 4 heteroatoms. The van der Waals surface area contributed by atoms with Gasteiger partial charge in [-0.15, -0.1) is 0 Å². The second-order valence-electron chi connectivity index (χ2n) is 3.83. The molecule has 2 rings (SSSR count). The Labute approximate surface area is 119 Å². The highest BCUT2D eigenvalue weighted by atomic mass is 127. The zero-order chi connectivity index (χ0) is 13.0. The van der Waals surface area contributed by atoms with Crippen molar-refractivity contribution in [1.82, 2.24) is 0 Å². The maximum Gasteiger partial charge on any atom is 0.228 e. The number of rotatable bonds is 3. The van der Waals surface area contributed by atoms with E-state index in [1.165, 1.54) is 0 Å². The number of hydrogen-bond acceptors (Lipinski definition) is 2. The molecule has 0 aliphatic heterocycles. The third kappa shape index (κ3) is 3.22. The summed E-state index contributed by atoms with van der Waals surface area (Å²) < 4.78 is 0.987. The molecule has 0 spiro atoms. The van der Waals surface area contributed by atoms with Crippen LogP contribution in [-0.2, 0) is 11.2 Å². The van der Waals surface area contributed by atoms with Gasteiger partial charge in [0.2, 0.25) is 5.91 Å². The SMILES string of the molecule is O=C(Cc1ccccc1O)Nc1ccccc1I. The molecule has 0 aliphatic carbocycles. The Kier molecular flexibility index (Phi) is 4.19. The van der Waals surface area contributed by atoms with Gasteiger partial charge >= 0.3 is 0 Å². The molecule has 2 aromatic rings. The second-order valence-corrected chi connectivity index (χ2v) is 5.00. The predicted octanol–water partition coefficient (Wildman–Crippen LogP) is 3.18. The third-order valence-corrected chi connectivity index (χ3v) is 3.43. The monoisotopic (exact) mass is 353 g/mol. The summed E-state index contributed by atoms with van der Waals surface area (Å²) in [6, 6.07) is 14.4. The van der Waals surface area contributed by atoms with E-state index >= 15 is 0 Å². The van der Waals surface area contributed by atoms with Crippen LogP contribution in [0.25, 0.3) is 0 Å². The zero-order valence-corrected chi connectivity index (χ0v) is 11.7. The number of amides is 1. The molecule has 3 nitrogen and oxygen atoms in total. The Morgan fingerprint density at radius 1 is 1.11 bits per heavy atom. The van der Waals surface area contributed by atoms with Gasteiger partial charge in [-0.2, -0.15) is 0 Å². The van der Waals surface area contributed by atoms with E-state index in [2.05, 4.69) is 27.9 Å². The van der Waals surface area contributed by atoms with Gasteiger partial charge in [-0.1, -0.05) is 30.3 Å². The molecule has 0 bridgehead atoms. The van der Waals surface area contributed by atoms with Gasteiger partial charge < -0.3 is 10.4 Å². The van der Waals surface area contributed by atoms with Crippen LogP contribution >= 0.6 is 22.6 Å². The molecule has 0 aliphatic rings. The maximum atomic E-state index is 11.9. The summed E-state index contributed by atoms with van der Waals surface area (Å²) in [4.78, 5) is 11.9. The number of benzene rings is 2. The van der Waals surface area contributed by atoms with Crippen LogP contribution in [0.15, 0.2) is 48.5 Å². The van der Waals surface area contributed by atoms with E-state index in [1.54, 1.807) is 24.3 Å². The first-order valence-electron chi connectivity index (χ1n) is 5.48. The van der Waals surface area contributed by atoms with Crippen LogP contribution in [0.1, 0.15) is 5.56 Å². The Morgan fingerprint density at radius 3 is 2.50 bits per heavy atom. The van der Waals surface area contributed by atoms with Crippen LogP contribution in [0.5, 0.6) is 5.75 Å². The first kappa shape index (κ1) is 12.9. The summed E-state index contributed by atoms with van der Waals surface area (Å²) >= 11 is 2.17. The quantitative estimate of drug-likeness (QED) is 0.833. The lowest BCUT2D eigenvalue weighted by Crippen LogP contribution is -2.15. The van der Waals surface area contributed by atoms with Crippen LogP contribution in [0.2, 0.25) is 0 Å². The minimum atomic E-state index is -0.138. The summed E-state index contributed by atoms with van der Waals surface area (Å²) in [5.74, 6) is 0.0102. The minimum Gasteiger partial charge on any atom is -0.508 e. The number of phenols is 1. The van der Waals surface area contributed by atoms with E-state index in [0.29, 0.717) is 5.56 Å². The number of anilines is 1. The molecule has 1 amide bonds. The maximum absolute atomic E-state index is 11.9. The van der Waals surface area contributed by atoms with Gasteiger partial charge in [0, 0.05) is 9.13 Å². The highest BCUT2D eigenvalue weighted by Crippen LogP contribution is 2.19. The number of halogens is 1. The largest absolute Gasteiger partial charge is 0.508 e. The molecule has 0 saturated carbocycles. The molecule has 0 unspecified atom stereocenters. The molecular weight excluding hydrogens is 341 g/mol. The van der Waals surface area contributed by atoms with Crippen LogP contribution in [-0.4, -0.2) is 11.0 Å². The van der Waals surface area contributed by atoms with E-state index in [-0.39, 0.29) is 18.1 Å². The van der Waals surface area contributed by atoms with Crippen molar-refractivity contribution in [3.05, 3.63) is 57.7 Å². The van der Waals surface area contributed by atoms with Crippen molar-refractivity contribution in [3.8, 4) is 5.75 Å². The van der Waals surface area contributed by atoms with E-state index < -0.39 is 0 Å². The van der Waals surface area contributed by atoms with E-state index in [9.17, 15) is 9.90 Å². The van der Waals surface area contributed by atoms with Gasteiger partial charge in [0.15, 0.2) is 0 Å². The first-order valence-corrected chi connectivity index (χ1v) is 6.56. The van der Waals surface area contributed by atoms with Gasteiger partial charge in [-0.25, -0.2) is 0 Å². The number of phenolic OH excluding ortho intramolecular Hbond substituents is 1. The number of carbonyl (C=O) groups excluding carboxylic acids is 1. The Hall–Kier alpha value is -1.56. The van der Waals surface area contributed by atoms with E-state index in [4.69, 9.17) is 0 Å². The van der Waals surface area contributed by atoms with Crippen LogP contribution in [0.4, 0.5) is 5.69 Å². The lowest BCUT2D eigenvalue weighted by molar-refractivity contribution is -0.115. The molecule has 0 aromatic heterocycles. The molecule has 0 fully saturated rings. The fourth-order valence-corrected chi connectivity index (χ4v) is 2.11. The minimum absolute atomic E-state index is 0.138. The third-order valence-electron chi connectivity index (χ3n) is 2.49. The molecule has 0 radical (unpaired) electrons. The highest BCUT2D eigenvalue weighted by molar-refractivity contribution is 14.1. The Bertz CT molecular complexity index is 520. The number of hydrogen-bond donors (Lipinski definition) is 2. The second kappa shape index (κ2) is 5.86. The van der Waals surface area contributed by atoms with Gasteiger partial charge in [-0.3, -0.25) is 4.79 Å². The fraction of sp³-hybridized carbons (Fsp3) is 0.0714. The predicted molar refractivity (Wildman–Crippen MR) is 79.6 cm³/mol. The smallest absolute Gasteiger partial charge is 0.228 e. The molecule has 0 atom stereocenters.